The normalized spacial score (nSPS) is 23.6. The molecule has 2 unspecified atom stereocenters. The molecule has 1 aromatic heterocycles. The number of aryl methyl sites for hydroxylation is 1. The van der Waals surface area contributed by atoms with Crippen LogP contribution in [0.1, 0.15) is 17.3 Å². The van der Waals surface area contributed by atoms with Crippen molar-refractivity contribution in [1.29, 1.82) is 0 Å². The third-order valence-corrected chi connectivity index (χ3v) is 3.71. The van der Waals surface area contributed by atoms with Gasteiger partial charge in [-0.1, -0.05) is 18.2 Å². The Morgan fingerprint density at radius 1 is 1.26 bits per heavy atom. The molecule has 19 heavy (non-hydrogen) atoms. The average Bonchev–Trinajstić information content (AvgIpc) is 2.74. The lowest BCUT2D eigenvalue weighted by atomic mass is 9.95. The zero-order chi connectivity index (χ0) is 13.4. The Labute approximate surface area is 111 Å². The zero-order valence-electron chi connectivity index (χ0n) is 10.7. The van der Waals surface area contributed by atoms with E-state index in [1.165, 1.54) is 0 Å². The van der Waals surface area contributed by atoms with Crippen LogP contribution in [-0.4, -0.2) is 35.2 Å². The predicted octanol–water partition coefficient (Wildman–Crippen LogP) is 1.16. The van der Waals surface area contributed by atoms with Crippen LogP contribution in [0, 0.1) is 6.92 Å². The standard InChI is InChI=1S/C14H17N3O2/c1-8-11(9-4-2-3-5-10(9)17-8)12-13(14(18)19)16-7-6-15-12/h2-5,12-13,15-17H,6-7H2,1H3,(H,18,19). The molecule has 0 bridgehead atoms. The lowest BCUT2D eigenvalue weighted by Gasteiger charge is -2.31. The van der Waals surface area contributed by atoms with Crippen LogP contribution in [0.2, 0.25) is 0 Å². The first kappa shape index (κ1) is 12.2. The summed E-state index contributed by atoms with van der Waals surface area (Å²) in [5.74, 6) is -0.818. The fourth-order valence-electron chi connectivity index (χ4n) is 2.89. The third kappa shape index (κ3) is 2.01. The summed E-state index contributed by atoms with van der Waals surface area (Å²) >= 11 is 0. The second-order valence-corrected chi connectivity index (χ2v) is 4.91. The van der Waals surface area contributed by atoms with Crippen molar-refractivity contribution >= 4 is 16.9 Å². The number of aromatic nitrogens is 1. The highest BCUT2D eigenvalue weighted by Gasteiger charge is 2.33. The van der Waals surface area contributed by atoms with Gasteiger partial charge in [-0.05, 0) is 18.6 Å². The van der Waals surface area contributed by atoms with Gasteiger partial charge >= 0.3 is 5.97 Å². The van der Waals surface area contributed by atoms with Gasteiger partial charge in [-0.15, -0.1) is 0 Å². The van der Waals surface area contributed by atoms with Gasteiger partial charge in [0.2, 0.25) is 0 Å². The smallest absolute Gasteiger partial charge is 0.322 e. The van der Waals surface area contributed by atoms with Gasteiger partial charge in [0.25, 0.3) is 0 Å². The quantitative estimate of drug-likeness (QED) is 0.653. The molecule has 5 nitrogen and oxygen atoms in total. The Hall–Kier alpha value is -1.85. The van der Waals surface area contributed by atoms with Gasteiger partial charge in [0.05, 0.1) is 6.04 Å². The fourth-order valence-corrected chi connectivity index (χ4v) is 2.89. The molecular formula is C14H17N3O2. The molecule has 2 heterocycles. The first-order chi connectivity index (χ1) is 9.18. The number of carboxylic acid groups (broad SMARTS) is 1. The number of rotatable bonds is 2. The van der Waals surface area contributed by atoms with E-state index in [9.17, 15) is 9.90 Å². The average molecular weight is 259 g/mol. The molecule has 3 rings (SSSR count). The molecule has 1 saturated heterocycles. The molecule has 0 aliphatic carbocycles. The predicted molar refractivity (Wildman–Crippen MR) is 73.2 cm³/mol. The summed E-state index contributed by atoms with van der Waals surface area (Å²) in [6, 6.07) is 7.20. The number of aromatic amines is 1. The number of hydrogen-bond donors (Lipinski definition) is 4. The van der Waals surface area contributed by atoms with E-state index < -0.39 is 12.0 Å². The van der Waals surface area contributed by atoms with E-state index in [-0.39, 0.29) is 6.04 Å². The first-order valence-corrected chi connectivity index (χ1v) is 6.45. The number of aliphatic carboxylic acids is 1. The van der Waals surface area contributed by atoms with Crippen molar-refractivity contribution in [2.45, 2.75) is 19.0 Å². The van der Waals surface area contributed by atoms with E-state index in [4.69, 9.17) is 0 Å². The van der Waals surface area contributed by atoms with Crippen LogP contribution in [0.3, 0.4) is 0 Å². The van der Waals surface area contributed by atoms with Crippen molar-refractivity contribution in [3.05, 3.63) is 35.5 Å². The minimum atomic E-state index is -0.818. The molecule has 2 aromatic rings. The summed E-state index contributed by atoms with van der Waals surface area (Å²) in [5, 5.41) is 16.8. The number of carboxylic acids is 1. The number of carbonyl (C=O) groups is 1. The van der Waals surface area contributed by atoms with Crippen LogP contribution < -0.4 is 10.6 Å². The van der Waals surface area contributed by atoms with Gasteiger partial charge in [0.15, 0.2) is 0 Å². The molecule has 100 valence electrons. The van der Waals surface area contributed by atoms with E-state index >= 15 is 0 Å². The number of fused-ring (bicyclic) bond motifs is 1. The van der Waals surface area contributed by atoms with Crippen molar-refractivity contribution in [3.63, 3.8) is 0 Å². The van der Waals surface area contributed by atoms with Crippen molar-refractivity contribution in [3.8, 4) is 0 Å². The summed E-state index contributed by atoms with van der Waals surface area (Å²) in [4.78, 5) is 14.7. The largest absolute Gasteiger partial charge is 0.480 e. The first-order valence-electron chi connectivity index (χ1n) is 6.45. The van der Waals surface area contributed by atoms with Gasteiger partial charge in [-0.2, -0.15) is 0 Å². The molecular weight excluding hydrogens is 242 g/mol. The Balaban J connectivity index is 2.11. The second kappa shape index (κ2) is 4.68. The zero-order valence-corrected chi connectivity index (χ0v) is 10.7. The Morgan fingerprint density at radius 3 is 2.79 bits per heavy atom. The molecule has 0 radical (unpaired) electrons. The number of H-pyrrole nitrogens is 1. The van der Waals surface area contributed by atoms with Crippen LogP contribution in [0.4, 0.5) is 0 Å². The lowest BCUT2D eigenvalue weighted by Crippen LogP contribution is -2.54. The van der Waals surface area contributed by atoms with Crippen LogP contribution in [0.25, 0.3) is 10.9 Å². The number of para-hydroxylation sites is 1. The highest BCUT2D eigenvalue weighted by Crippen LogP contribution is 2.30. The summed E-state index contributed by atoms with van der Waals surface area (Å²) in [7, 11) is 0. The molecule has 1 aromatic carbocycles. The molecule has 0 spiro atoms. The van der Waals surface area contributed by atoms with Crippen LogP contribution in [-0.2, 0) is 4.79 Å². The van der Waals surface area contributed by atoms with Gasteiger partial charge in [0.1, 0.15) is 6.04 Å². The molecule has 0 saturated carbocycles. The maximum atomic E-state index is 11.4. The van der Waals surface area contributed by atoms with E-state index in [1.54, 1.807) is 0 Å². The van der Waals surface area contributed by atoms with Gasteiger partial charge in [0, 0.05) is 29.7 Å². The van der Waals surface area contributed by atoms with Gasteiger partial charge in [-0.25, -0.2) is 0 Å². The van der Waals surface area contributed by atoms with E-state index in [0.717, 1.165) is 28.7 Å². The molecule has 1 aliphatic heterocycles. The number of hydrogen-bond acceptors (Lipinski definition) is 3. The van der Waals surface area contributed by atoms with Gasteiger partial charge < -0.3 is 20.7 Å². The molecule has 1 aliphatic rings. The molecule has 2 atom stereocenters. The summed E-state index contributed by atoms with van der Waals surface area (Å²) in [6.07, 6.45) is 0. The van der Waals surface area contributed by atoms with Crippen molar-refractivity contribution in [1.82, 2.24) is 15.6 Å². The van der Waals surface area contributed by atoms with Crippen molar-refractivity contribution in [2.75, 3.05) is 13.1 Å². The lowest BCUT2D eigenvalue weighted by molar-refractivity contribution is -0.140. The minimum Gasteiger partial charge on any atom is -0.480 e. The topological polar surface area (TPSA) is 77.2 Å². The summed E-state index contributed by atoms with van der Waals surface area (Å²) < 4.78 is 0. The fraction of sp³-hybridized carbons (Fsp3) is 0.357. The van der Waals surface area contributed by atoms with E-state index in [2.05, 4.69) is 15.6 Å². The Kier molecular flexibility index (Phi) is 3.00. The Bertz CT molecular complexity index is 620. The van der Waals surface area contributed by atoms with Gasteiger partial charge in [-0.3, -0.25) is 4.79 Å². The SMILES string of the molecule is Cc1[nH]c2ccccc2c1C1NCCNC1C(=O)O. The minimum absolute atomic E-state index is 0.206. The van der Waals surface area contributed by atoms with Crippen molar-refractivity contribution < 1.29 is 9.90 Å². The number of nitrogens with one attached hydrogen (secondary N) is 3. The maximum absolute atomic E-state index is 11.4. The summed E-state index contributed by atoms with van der Waals surface area (Å²) in [5.41, 5.74) is 3.12. The maximum Gasteiger partial charge on any atom is 0.322 e. The van der Waals surface area contributed by atoms with Crippen molar-refractivity contribution in [2.24, 2.45) is 0 Å². The molecule has 0 amide bonds. The highest BCUT2D eigenvalue weighted by molar-refractivity contribution is 5.86. The number of piperazine rings is 1. The van der Waals surface area contributed by atoms with E-state index in [0.29, 0.717) is 6.54 Å². The monoisotopic (exact) mass is 259 g/mol. The van der Waals surface area contributed by atoms with E-state index in [1.807, 2.05) is 31.2 Å². The van der Waals surface area contributed by atoms with Crippen LogP contribution in [0.15, 0.2) is 24.3 Å². The Morgan fingerprint density at radius 2 is 2.00 bits per heavy atom. The van der Waals surface area contributed by atoms with Crippen LogP contribution in [0.5, 0.6) is 0 Å². The molecule has 5 heteroatoms. The third-order valence-electron chi connectivity index (χ3n) is 3.71. The number of benzene rings is 1. The summed E-state index contributed by atoms with van der Waals surface area (Å²) in [6.45, 7) is 3.44. The highest BCUT2D eigenvalue weighted by atomic mass is 16.4. The molecule has 4 N–H and O–H groups in total. The van der Waals surface area contributed by atoms with Crippen LogP contribution >= 0.6 is 0 Å². The molecule has 1 fully saturated rings. The second-order valence-electron chi connectivity index (χ2n) is 4.91.